The maximum Gasteiger partial charge on any atom is 0.261 e. The van der Waals surface area contributed by atoms with Crippen LogP contribution in [0.5, 0.6) is 0 Å². The maximum atomic E-state index is 12.4. The van der Waals surface area contributed by atoms with Crippen LogP contribution in [0.1, 0.15) is 32.7 Å². The van der Waals surface area contributed by atoms with Crippen LogP contribution in [0.25, 0.3) is 0 Å². The number of nitrogens with zero attached hydrogens (tertiary/aromatic N) is 1. The van der Waals surface area contributed by atoms with Gasteiger partial charge in [-0.1, -0.05) is 54.1 Å². The zero-order chi connectivity index (χ0) is 20.2. The van der Waals surface area contributed by atoms with E-state index >= 15 is 0 Å². The molecule has 2 heterocycles. The molecule has 148 valence electrons. The molecule has 1 aliphatic rings. The van der Waals surface area contributed by atoms with E-state index in [4.69, 9.17) is 11.6 Å². The van der Waals surface area contributed by atoms with Crippen LogP contribution in [0.15, 0.2) is 65.5 Å². The monoisotopic (exact) mass is 407 g/mol. The zero-order valence-corrected chi connectivity index (χ0v) is 16.7. The molecule has 3 aromatic rings. The van der Waals surface area contributed by atoms with Crippen molar-refractivity contribution in [3.05, 3.63) is 104 Å². The second kappa shape index (κ2) is 8.64. The SMILES string of the molecule is O=C(NCc1ccccc1Cl)c1ccc(CN2CCc3ccccc3C2)[nH]c1=O. The van der Waals surface area contributed by atoms with E-state index < -0.39 is 5.91 Å². The lowest BCUT2D eigenvalue weighted by atomic mass is 10.00. The number of halogens is 1. The summed E-state index contributed by atoms with van der Waals surface area (Å²) in [6.45, 7) is 2.72. The van der Waals surface area contributed by atoms with Gasteiger partial charge < -0.3 is 10.3 Å². The molecule has 4 rings (SSSR count). The molecule has 5 nitrogen and oxygen atoms in total. The molecule has 29 heavy (non-hydrogen) atoms. The second-order valence-electron chi connectivity index (χ2n) is 7.23. The number of aromatic nitrogens is 1. The van der Waals surface area contributed by atoms with Gasteiger partial charge in [-0.3, -0.25) is 14.5 Å². The first-order chi connectivity index (χ1) is 14.1. The van der Waals surface area contributed by atoms with E-state index in [-0.39, 0.29) is 17.7 Å². The molecule has 0 fully saturated rings. The van der Waals surface area contributed by atoms with Crippen LogP contribution in [0, 0.1) is 0 Å². The molecule has 6 heteroatoms. The molecule has 2 N–H and O–H groups in total. The van der Waals surface area contributed by atoms with E-state index in [2.05, 4.69) is 39.5 Å². The lowest BCUT2D eigenvalue weighted by Gasteiger charge is -2.28. The topological polar surface area (TPSA) is 65.2 Å². The van der Waals surface area contributed by atoms with Gasteiger partial charge in [-0.15, -0.1) is 0 Å². The Morgan fingerprint density at radius 1 is 1.03 bits per heavy atom. The highest BCUT2D eigenvalue weighted by atomic mass is 35.5. The fraction of sp³-hybridized carbons (Fsp3) is 0.217. The number of benzene rings is 2. The Morgan fingerprint density at radius 3 is 2.59 bits per heavy atom. The number of rotatable bonds is 5. The molecule has 1 aromatic heterocycles. The number of H-pyrrole nitrogens is 1. The van der Waals surface area contributed by atoms with Crippen LogP contribution < -0.4 is 10.9 Å². The number of carbonyl (C=O) groups is 1. The summed E-state index contributed by atoms with van der Waals surface area (Å²) in [6.07, 6.45) is 1.00. The molecule has 1 amide bonds. The van der Waals surface area contributed by atoms with E-state index in [1.54, 1.807) is 12.1 Å². The van der Waals surface area contributed by atoms with Crippen LogP contribution in [0.3, 0.4) is 0 Å². The Balaban J connectivity index is 1.40. The summed E-state index contributed by atoms with van der Waals surface area (Å²) in [4.78, 5) is 30.0. The first kappa shape index (κ1) is 19.4. The third kappa shape index (κ3) is 4.58. The van der Waals surface area contributed by atoms with Gasteiger partial charge in [0.05, 0.1) is 0 Å². The van der Waals surface area contributed by atoms with Gasteiger partial charge in [-0.2, -0.15) is 0 Å². The highest BCUT2D eigenvalue weighted by molar-refractivity contribution is 6.31. The van der Waals surface area contributed by atoms with Crippen molar-refractivity contribution in [2.75, 3.05) is 6.54 Å². The molecule has 0 spiro atoms. The Labute approximate surface area is 174 Å². The van der Waals surface area contributed by atoms with Crippen LogP contribution in [0.4, 0.5) is 0 Å². The van der Waals surface area contributed by atoms with Crippen LogP contribution in [-0.4, -0.2) is 22.3 Å². The number of fused-ring (bicyclic) bond motifs is 1. The minimum atomic E-state index is -0.412. The summed E-state index contributed by atoms with van der Waals surface area (Å²) in [6, 6.07) is 19.1. The van der Waals surface area contributed by atoms with Crippen molar-refractivity contribution in [3.63, 3.8) is 0 Å². The van der Waals surface area contributed by atoms with Crippen molar-refractivity contribution in [1.29, 1.82) is 0 Å². The van der Waals surface area contributed by atoms with E-state index in [9.17, 15) is 9.59 Å². The summed E-state index contributed by atoms with van der Waals surface area (Å²) in [5, 5.41) is 3.34. The van der Waals surface area contributed by atoms with Gasteiger partial charge in [-0.25, -0.2) is 0 Å². The van der Waals surface area contributed by atoms with Crippen molar-refractivity contribution >= 4 is 17.5 Å². The average Bonchev–Trinajstić information content (AvgIpc) is 2.73. The molecule has 1 aliphatic heterocycles. The molecular formula is C23H22ClN3O2. The van der Waals surface area contributed by atoms with E-state index in [1.165, 1.54) is 11.1 Å². The minimum absolute atomic E-state index is 0.102. The number of hydrogen-bond donors (Lipinski definition) is 2. The molecule has 0 bridgehead atoms. The number of carbonyl (C=O) groups excluding carboxylic acids is 1. The molecule has 0 unspecified atom stereocenters. The summed E-state index contributed by atoms with van der Waals surface area (Å²) in [5.41, 5.74) is 4.05. The maximum absolute atomic E-state index is 12.4. The van der Waals surface area contributed by atoms with Crippen molar-refractivity contribution in [2.24, 2.45) is 0 Å². The average molecular weight is 408 g/mol. The summed E-state index contributed by atoms with van der Waals surface area (Å²) in [7, 11) is 0. The van der Waals surface area contributed by atoms with Gasteiger partial charge in [0, 0.05) is 36.9 Å². The molecule has 0 saturated carbocycles. The first-order valence-electron chi connectivity index (χ1n) is 9.63. The second-order valence-corrected chi connectivity index (χ2v) is 7.64. The lowest BCUT2D eigenvalue weighted by Crippen LogP contribution is -2.32. The van der Waals surface area contributed by atoms with Crippen LogP contribution in [0.2, 0.25) is 5.02 Å². The van der Waals surface area contributed by atoms with Gasteiger partial charge in [0.2, 0.25) is 0 Å². The molecule has 0 radical (unpaired) electrons. The standard InChI is InChI=1S/C23H22ClN3O2/c24-21-8-4-3-6-17(21)13-25-22(28)20-10-9-19(26-23(20)29)15-27-12-11-16-5-1-2-7-18(16)14-27/h1-10H,11-15H2,(H,25,28)(H,26,29). The Morgan fingerprint density at radius 2 is 1.79 bits per heavy atom. The summed E-state index contributed by atoms with van der Waals surface area (Å²) < 4.78 is 0. The summed E-state index contributed by atoms with van der Waals surface area (Å²) >= 11 is 6.11. The van der Waals surface area contributed by atoms with Gasteiger partial charge in [0.25, 0.3) is 11.5 Å². The Kier molecular flexibility index (Phi) is 5.79. The predicted octanol–water partition coefficient (Wildman–Crippen LogP) is 3.52. The highest BCUT2D eigenvalue weighted by Crippen LogP contribution is 2.19. The summed E-state index contributed by atoms with van der Waals surface area (Å²) in [5.74, 6) is -0.412. The van der Waals surface area contributed by atoms with Crippen molar-refractivity contribution in [2.45, 2.75) is 26.1 Å². The third-order valence-corrected chi connectivity index (χ3v) is 5.58. The van der Waals surface area contributed by atoms with Crippen molar-refractivity contribution in [1.82, 2.24) is 15.2 Å². The number of pyridine rings is 1. The quantitative estimate of drug-likeness (QED) is 0.680. The van der Waals surface area contributed by atoms with E-state index in [0.29, 0.717) is 11.6 Å². The van der Waals surface area contributed by atoms with Gasteiger partial charge >= 0.3 is 0 Å². The van der Waals surface area contributed by atoms with E-state index in [1.807, 2.05) is 24.3 Å². The van der Waals surface area contributed by atoms with Gasteiger partial charge in [0.1, 0.15) is 5.56 Å². The Hall–Kier alpha value is -2.89. The van der Waals surface area contributed by atoms with Crippen LogP contribution >= 0.6 is 11.6 Å². The number of nitrogens with one attached hydrogen (secondary N) is 2. The smallest absolute Gasteiger partial charge is 0.261 e. The van der Waals surface area contributed by atoms with Gasteiger partial charge in [-0.05, 0) is 41.3 Å². The molecule has 0 saturated heterocycles. The molecular weight excluding hydrogens is 386 g/mol. The van der Waals surface area contributed by atoms with E-state index in [0.717, 1.165) is 30.8 Å². The zero-order valence-electron chi connectivity index (χ0n) is 16.0. The minimum Gasteiger partial charge on any atom is -0.348 e. The largest absolute Gasteiger partial charge is 0.348 e. The van der Waals surface area contributed by atoms with Crippen molar-refractivity contribution in [3.8, 4) is 0 Å². The highest BCUT2D eigenvalue weighted by Gasteiger charge is 2.17. The Bertz CT molecular complexity index is 1090. The predicted molar refractivity (Wildman–Crippen MR) is 114 cm³/mol. The van der Waals surface area contributed by atoms with Gasteiger partial charge in [0.15, 0.2) is 0 Å². The number of amides is 1. The fourth-order valence-corrected chi connectivity index (χ4v) is 3.83. The fourth-order valence-electron chi connectivity index (χ4n) is 3.63. The van der Waals surface area contributed by atoms with Crippen LogP contribution in [-0.2, 0) is 26.1 Å². The normalized spacial score (nSPS) is 13.7. The molecule has 2 aromatic carbocycles. The lowest BCUT2D eigenvalue weighted by molar-refractivity contribution is 0.0949. The molecule has 0 aliphatic carbocycles. The first-order valence-corrected chi connectivity index (χ1v) is 10.0. The number of hydrogen-bond acceptors (Lipinski definition) is 3. The molecule has 0 atom stereocenters. The third-order valence-electron chi connectivity index (χ3n) is 5.22. The number of aromatic amines is 1. The van der Waals surface area contributed by atoms with Crippen molar-refractivity contribution < 1.29 is 4.79 Å².